The van der Waals surface area contributed by atoms with Crippen LogP contribution in [-0.2, 0) is 76.9 Å². The SMILES string of the molecule is Cn1nc(/C=C/S(=O)(=O)NN2CCCCC2)c2c1C(Cc1ccc(F)cc1)CCCC2.O=C(NCc1ccccc1)c1n[nH]c2c1CCCCC2Cc1ccc(F)cc1.O=S(=O)(/C=C/c1nn(-c2ccc(F)cc2F)c2c1CCCCC2Cc1ccc(F)cc1)NN1CCOCC1. The van der Waals surface area contributed by atoms with Crippen LogP contribution in [0.1, 0.15) is 173 Å². The van der Waals surface area contributed by atoms with Crippen molar-refractivity contribution in [2.45, 2.75) is 140 Å². The molecule has 0 radical (unpaired) electrons. The van der Waals surface area contributed by atoms with Gasteiger partial charge in [0.25, 0.3) is 5.91 Å². The molecule has 0 bridgehead atoms. The van der Waals surface area contributed by atoms with Crippen LogP contribution in [0, 0.1) is 29.1 Å². The number of fused-ring (bicyclic) bond motifs is 3. The number of morpholine rings is 1. The molecule has 8 aromatic rings. The van der Waals surface area contributed by atoms with E-state index in [1.807, 2.05) is 66.3 Å². The molecule has 3 aliphatic carbocycles. The predicted octanol–water partition coefficient (Wildman–Crippen LogP) is 12.9. The number of aromatic nitrogens is 6. The molecule has 97 heavy (non-hydrogen) atoms. The number of amides is 1. The average Bonchev–Trinajstić information content (AvgIpc) is 1.64. The van der Waals surface area contributed by atoms with E-state index in [9.17, 15) is 43.6 Å². The van der Waals surface area contributed by atoms with Gasteiger partial charge in [0.2, 0.25) is 20.0 Å². The number of benzene rings is 5. The number of hydrogen-bond donors (Lipinski definition) is 4. The zero-order valence-corrected chi connectivity index (χ0v) is 56.2. The van der Waals surface area contributed by atoms with Crippen LogP contribution < -0.4 is 15.0 Å². The number of sulfonamides is 2. The predicted molar refractivity (Wildman–Crippen MR) is 364 cm³/mol. The molecule has 0 saturated carbocycles. The summed E-state index contributed by atoms with van der Waals surface area (Å²) in [6.45, 7) is 3.72. The Bertz CT molecular complexity index is 4230. The Balaban J connectivity index is 0.000000149. The number of H-pyrrole nitrogens is 1. The Morgan fingerprint density at radius 1 is 0.546 bits per heavy atom. The molecule has 1 amide bonds. The standard InChI is InChI=1S/C27H29F3N4O3S.C23H31FN4O2S.C23H24FN3O/c28-21-7-5-19(6-8-21)17-20-3-1-2-4-23-25(11-16-38(35,36)32-33-12-14-37-15-13-33)31-34(27(20)23)26-10-9-22(29)18-24(26)30;1-27-23-19(17-18-9-11-20(24)12-10-18)7-3-4-8-21(23)22(25-27)13-16-31(29,30)26-28-14-5-2-6-15-28;24-19-12-10-16(11-13-19)14-18-8-4-5-9-20-21(18)26-27-22(20)23(28)25-15-17-6-2-1-3-7-17/h5-11,16,18,20,32H,1-4,12-15,17H2;9-13,16,19,26H,2-8,14-15,17H2,1H3;1-3,6-7,10-13,18H,4-5,8-9,14-15H2,(H,25,28)(H,26,27)/b16-11+;16-13+;. The smallest absolute Gasteiger partial charge is 0.272 e. The van der Waals surface area contributed by atoms with E-state index in [1.165, 1.54) is 70.4 Å². The van der Waals surface area contributed by atoms with E-state index in [0.29, 0.717) is 57.1 Å². The molecular weight excluding hydrogens is 1290 g/mol. The summed E-state index contributed by atoms with van der Waals surface area (Å²) in [5, 5.41) is 25.4. The van der Waals surface area contributed by atoms with Gasteiger partial charge >= 0.3 is 0 Å². The molecule has 3 aromatic heterocycles. The lowest BCUT2D eigenvalue weighted by Gasteiger charge is -2.25. The maximum atomic E-state index is 15.0. The van der Waals surface area contributed by atoms with Gasteiger partial charge in [-0.1, -0.05) is 92.4 Å². The second-order valence-corrected chi connectivity index (χ2v) is 28.7. The number of aromatic amines is 1. The normalized spacial score (nSPS) is 18.7. The summed E-state index contributed by atoms with van der Waals surface area (Å²) >= 11 is 0. The third-order valence-electron chi connectivity index (χ3n) is 18.6. The highest BCUT2D eigenvalue weighted by Gasteiger charge is 2.31. The first-order valence-corrected chi connectivity index (χ1v) is 36.7. The van der Waals surface area contributed by atoms with Crippen LogP contribution in [-0.4, -0.2) is 102 Å². The topological polar surface area (TPSA) is 201 Å². The van der Waals surface area contributed by atoms with Crippen molar-refractivity contribution in [3.05, 3.63) is 234 Å². The number of nitrogens with zero attached hydrogens (tertiary/aromatic N) is 7. The van der Waals surface area contributed by atoms with Crippen molar-refractivity contribution < 1.29 is 48.3 Å². The van der Waals surface area contributed by atoms with Gasteiger partial charge in [-0.15, -0.1) is 9.66 Å². The van der Waals surface area contributed by atoms with Crippen molar-refractivity contribution in [3.8, 4) is 5.69 Å². The third-order valence-corrected chi connectivity index (χ3v) is 20.6. The number of ether oxygens (including phenoxy) is 1. The van der Waals surface area contributed by atoms with E-state index in [-0.39, 0.29) is 46.8 Å². The van der Waals surface area contributed by atoms with Gasteiger partial charge in [-0.2, -0.15) is 15.3 Å². The monoisotopic (exact) mass is 1370 g/mol. The first kappa shape index (κ1) is 70.4. The number of rotatable bonds is 18. The quantitative estimate of drug-likeness (QED) is 0.0470. The fraction of sp³-hybridized carbons (Fsp3) is 0.397. The Kier molecular flexibility index (Phi) is 24.0. The summed E-state index contributed by atoms with van der Waals surface area (Å²) in [7, 11) is -5.45. The van der Waals surface area contributed by atoms with E-state index in [1.54, 1.807) is 28.2 Å². The zero-order chi connectivity index (χ0) is 67.9. The average molecular weight is 1370 g/mol. The number of nitrogens with one attached hydrogen (secondary N) is 4. The molecule has 2 saturated heterocycles. The molecule has 2 fully saturated rings. The summed E-state index contributed by atoms with van der Waals surface area (Å²) in [5.74, 6) is -1.90. The minimum absolute atomic E-state index is 0.0832. The van der Waals surface area contributed by atoms with Gasteiger partial charge in [0.05, 0.1) is 30.3 Å². The second-order valence-electron chi connectivity index (χ2n) is 25.6. The number of aryl methyl sites for hydroxylation is 1. The van der Waals surface area contributed by atoms with Gasteiger partial charge in [-0.25, -0.2) is 53.5 Å². The summed E-state index contributed by atoms with van der Waals surface area (Å²) in [4.78, 5) is 17.9. The van der Waals surface area contributed by atoms with Crippen LogP contribution in [0.3, 0.4) is 0 Å². The van der Waals surface area contributed by atoms with Crippen LogP contribution in [0.5, 0.6) is 0 Å². The minimum atomic E-state index is -3.82. The first-order valence-electron chi connectivity index (χ1n) is 33.6. The number of piperidine rings is 1. The Morgan fingerprint density at radius 3 is 1.59 bits per heavy atom. The van der Waals surface area contributed by atoms with Crippen molar-refractivity contribution in [1.82, 2.24) is 54.8 Å². The fourth-order valence-electron chi connectivity index (χ4n) is 13.8. The van der Waals surface area contributed by atoms with Crippen molar-refractivity contribution in [1.29, 1.82) is 0 Å². The molecule has 3 atom stereocenters. The van der Waals surface area contributed by atoms with E-state index >= 15 is 0 Å². The lowest BCUT2D eigenvalue weighted by Crippen LogP contribution is -2.47. The molecule has 4 N–H and O–H groups in total. The van der Waals surface area contributed by atoms with E-state index < -0.39 is 31.7 Å². The van der Waals surface area contributed by atoms with Gasteiger partial charge in [-0.3, -0.25) is 14.6 Å². The van der Waals surface area contributed by atoms with Crippen molar-refractivity contribution in [2.24, 2.45) is 7.05 Å². The van der Waals surface area contributed by atoms with Crippen LogP contribution >= 0.6 is 0 Å². The maximum Gasteiger partial charge on any atom is 0.272 e. The highest BCUT2D eigenvalue weighted by Crippen LogP contribution is 2.39. The van der Waals surface area contributed by atoms with Crippen LogP contribution in [0.15, 0.2) is 132 Å². The Hall–Kier alpha value is -7.97. The largest absolute Gasteiger partial charge is 0.379 e. The van der Waals surface area contributed by atoms with Crippen LogP contribution in [0.2, 0.25) is 0 Å². The molecule has 24 heteroatoms. The van der Waals surface area contributed by atoms with Crippen LogP contribution in [0.25, 0.3) is 17.8 Å². The third kappa shape index (κ3) is 19.2. The fourth-order valence-corrected chi connectivity index (χ4v) is 15.7. The summed E-state index contributed by atoms with van der Waals surface area (Å²) < 4.78 is 128. The van der Waals surface area contributed by atoms with Crippen molar-refractivity contribution >= 4 is 38.1 Å². The second kappa shape index (κ2) is 33.1. The van der Waals surface area contributed by atoms with Gasteiger partial charge in [-0.05, 0) is 173 Å². The molecule has 5 aliphatic rings. The van der Waals surface area contributed by atoms with Gasteiger partial charge in [0.15, 0.2) is 11.5 Å². The van der Waals surface area contributed by atoms with E-state index in [2.05, 4.69) is 35.4 Å². The molecule has 514 valence electrons. The van der Waals surface area contributed by atoms with Crippen molar-refractivity contribution in [2.75, 3.05) is 39.4 Å². The molecular formula is C73H84F5N11O6S2. The summed E-state index contributed by atoms with van der Waals surface area (Å²) in [5.41, 5.74) is 11.9. The number of halogens is 5. The van der Waals surface area contributed by atoms with Gasteiger partial charge in [0, 0.05) is 102 Å². The molecule has 2 aliphatic heterocycles. The number of carbonyl (C=O) groups excluding carboxylic acids is 1. The molecule has 5 aromatic carbocycles. The van der Waals surface area contributed by atoms with E-state index in [4.69, 9.17) is 4.74 Å². The van der Waals surface area contributed by atoms with Gasteiger partial charge in [0.1, 0.15) is 29.0 Å². The van der Waals surface area contributed by atoms with Crippen LogP contribution in [0.4, 0.5) is 22.0 Å². The summed E-state index contributed by atoms with van der Waals surface area (Å²) in [6, 6.07) is 32.8. The van der Waals surface area contributed by atoms with Gasteiger partial charge < -0.3 is 10.1 Å². The van der Waals surface area contributed by atoms with E-state index in [0.717, 1.165) is 183 Å². The molecule has 3 unspecified atom stereocenters. The molecule has 17 nitrogen and oxygen atoms in total. The molecule has 0 spiro atoms. The number of carbonyl (C=O) groups is 1. The summed E-state index contributed by atoms with van der Waals surface area (Å²) in [6.07, 6.45) is 19.8. The number of hydrogen-bond acceptors (Lipinski definition) is 11. The van der Waals surface area contributed by atoms with Crippen molar-refractivity contribution in [3.63, 3.8) is 0 Å². The Labute approximate surface area is 564 Å². The maximum absolute atomic E-state index is 15.0. The molecule has 5 heterocycles. The highest BCUT2D eigenvalue weighted by atomic mass is 32.2. The lowest BCUT2D eigenvalue weighted by molar-refractivity contribution is 0.0274. The zero-order valence-electron chi connectivity index (χ0n) is 54.6. The highest BCUT2D eigenvalue weighted by molar-refractivity contribution is 7.92. The molecule has 13 rings (SSSR count). The Morgan fingerprint density at radius 2 is 1.03 bits per heavy atom. The lowest BCUT2D eigenvalue weighted by atomic mass is 9.91. The first-order chi connectivity index (χ1) is 46.9. The minimum Gasteiger partial charge on any atom is -0.379 e. The number of hydrazine groups is 2.